The molecule has 2 aliphatic rings. The highest BCUT2D eigenvalue weighted by Gasteiger charge is 2.53. The number of aromatic nitrogens is 6. The first kappa shape index (κ1) is 39.9. The molecule has 3 aromatic heterocycles. The van der Waals surface area contributed by atoms with Crippen LogP contribution in [0.3, 0.4) is 0 Å². The number of hydrogen-bond donors (Lipinski definition) is 4. The molecule has 17 heteroatoms. The Labute approximate surface area is 303 Å². The summed E-state index contributed by atoms with van der Waals surface area (Å²) in [5.74, 6) is -0.0459. The van der Waals surface area contributed by atoms with Gasteiger partial charge in [-0.25, -0.2) is 19.3 Å². The van der Waals surface area contributed by atoms with E-state index in [1.54, 1.807) is 4.57 Å². The molecule has 4 N–H and O–H groups in total. The SMILES string of the molecule is CCCCCCCCCCCCCCCC(=O)Nc1ccn([C@H]2CC[C@@H](C(C)(OP(=O)(O)O)[C@@H]3CC[C@H](n4cnc5c(=O)[nH]cnc54)O3)O2)c(=O)n1. The number of carbonyl (C=O) groups is 1. The lowest BCUT2D eigenvalue weighted by Crippen LogP contribution is -2.51. The van der Waals surface area contributed by atoms with Gasteiger partial charge in [0.05, 0.1) is 24.9 Å². The highest BCUT2D eigenvalue weighted by molar-refractivity contribution is 7.46. The second-order valence-corrected chi connectivity index (χ2v) is 15.3. The van der Waals surface area contributed by atoms with E-state index in [0.717, 1.165) is 19.3 Å². The van der Waals surface area contributed by atoms with Crippen LogP contribution < -0.4 is 16.6 Å². The van der Waals surface area contributed by atoms with E-state index in [-0.39, 0.29) is 17.2 Å². The Kier molecular flexibility index (Phi) is 14.3. The van der Waals surface area contributed by atoms with Gasteiger partial charge in [0.25, 0.3) is 5.56 Å². The third-order valence-electron chi connectivity index (χ3n) is 10.2. The molecule has 1 amide bonds. The molecule has 16 nitrogen and oxygen atoms in total. The van der Waals surface area contributed by atoms with Crippen LogP contribution in [-0.4, -0.2) is 62.6 Å². The zero-order chi connectivity index (χ0) is 37.1. The van der Waals surface area contributed by atoms with Crippen LogP contribution in [0.4, 0.5) is 5.82 Å². The Hall–Kier alpha value is -3.27. The van der Waals surface area contributed by atoms with E-state index < -0.39 is 49.3 Å². The van der Waals surface area contributed by atoms with E-state index in [2.05, 4.69) is 32.2 Å². The zero-order valence-electron chi connectivity index (χ0n) is 30.3. The molecule has 2 saturated heterocycles. The average Bonchev–Trinajstić information content (AvgIpc) is 3.87. The third kappa shape index (κ3) is 10.7. The predicted octanol–water partition coefficient (Wildman–Crippen LogP) is 6.02. The minimum Gasteiger partial charge on any atom is -0.352 e. The number of nitrogens with one attached hydrogen (secondary N) is 2. The van der Waals surface area contributed by atoms with Crippen LogP contribution in [0.1, 0.15) is 142 Å². The van der Waals surface area contributed by atoms with E-state index in [1.165, 1.54) is 101 Å². The largest absolute Gasteiger partial charge is 0.470 e. The lowest BCUT2D eigenvalue weighted by molar-refractivity contribution is -0.171. The topological polar surface area (TPSA) is 213 Å². The van der Waals surface area contributed by atoms with Gasteiger partial charge in [0.15, 0.2) is 11.2 Å². The van der Waals surface area contributed by atoms with Crippen molar-refractivity contribution < 1.29 is 33.1 Å². The summed E-state index contributed by atoms with van der Waals surface area (Å²) >= 11 is 0. The Morgan fingerprint density at radius 3 is 2.08 bits per heavy atom. The van der Waals surface area contributed by atoms with Gasteiger partial charge in [-0.1, -0.05) is 84.0 Å². The van der Waals surface area contributed by atoms with E-state index in [9.17, 15) is 28.7 Å². The molecule has 3 aromatic rings. The molecule has 0 aliphatic carbocycles. The second kappa shape index (κ2) is 18.7. The molecule has 0 bridgehead atoms. The molecule has 0 aromatic carbocycles. The van der Waals surface area contributed by atoms with Gasteiger partial charge < -0.3 is 29.6 Å². The maximum atomic E-state index is 13.0. The van der Waals surface area contributed by atoms with Gasteiger partial charge in [0, 0.05) is 12.6 Å². The monoisotopic (exact) mass is 747 g/mol. The number of nitrogens with zero attached hydrogens (tertiary/aromatic N) is 5. The lowest BCUT2D eigenvalue weighted by atomic mass is 9.89. The number of fused-ring (bicyclic) bond motifs is 1. The molecule has 5 heterocycles. The molecule has 5 atom stereocenters. The van der Waals surface area contributed by atoms with Crippen LogP contribution in [0.2, 0.25) is 0 Å². The number of hydrogen-bond acceptors (Lipinski definition) is 10. The highest BCUT2D eigenvalue weighted by atomic mass is 31.2. The van der Waals surface area contributed by atoms with Crippen molar-refractivity contribution in [2.24, 2.45) is 0 Å². The number of rotatable bonds is 21. The number of ether oxygens (including phenoxy) is 2. The highest BCUT2D eigenvalue weighted by Crippen LogP contribution is 2.51. The number of phosphoric acid groups is 1. The summed E-state index contributed by atoms with van der Waals surface area (Å²) in [5.41, 5.74) is -2.18. The number of anilines is 1. The molecule has 52 heavy (non-hydrogen) atoms. The summed E-state index contributed by atoms with van der Waals surface area (Å²) in [6, 6.07) is 1.53. The molecular weight excluding hydrogens is 693 g/mol. The zero-order valence-corrected chi connectivity index (χ0v) is 31.2. The summed E-state index contributed by atoms with van der Waals surface area (Å²) in [7, 11) is -5.02. The standard InChI is InChI=1S/C35H54N7O9P/c1-3-4-5-6-7-8-9-10-11-12-13-14-15-16-28(43)39-27-21-22-41(34(45)40-27)29-19-17-25(49-29)35(2,51-52(46,47)48)26-18-20-30(50-26)42-24-38-31-32(42)36-23-37-33(31)44/h21-26,29-30H,3-20H2,1-2H3,(H,36,37,44)(H2,46,47,48)(H,39,40,43,45)/t25-,26-,29+,30+,35?/m0/s1. The van der Waals surface area contributed by atoms with Gasteiger partial charge in [0.1, 0.15) is 23.9 Å². The predicted molar refractivity (Wildman–Crippen MR) is 193 cm³/mol. The van der Waals surface area contributed by atoms with Crippen molar-refractivity contribution in [1.82, 2.24) is 29.1 Å². The van der Waals surface area contributed by atoms with E-state index in [1.807, 2.05) is 0 Å². The van der Waals surface area contributed by atoms with Gasteiger partial charge in [-0.15, -0.1) is 0 Å². The summed E-state index contributed by atoms with van der Waals surface area (Å²) in [5, 5.41) is 2.71. The molecule has 288 valence electrons. The minimum atomic E-state index is -5.02. The van der Waals surface area contributed by atoms with Crippen LogP contribution in [-0.2, 0) is 23.4 Å². The van der Waals surface area contributed by atoms with E-state index in [0.29, 0.717) is 37.8 Å². The fourth-order valence-electron chi connectivity index (χ4n) is 7.36. The van der Waals surface area contributed by atoms with Crippen molar-refractivity contribution in [3.05, 3.63) is 45.8 Å². The third-order valence-corrected chi connectivity index (χ3v) is 10.8. The van der Waals surface area contributed by atoms with Crippen molar-refractivity contribution in [1.29, 1.82) is 0 Å². The number of aromatic amines is 1. The van der Waals surface area contributed by atoms with Crippen LogP contribution in [0.25, 0.3) is 11.2 Å². The van der Waals surface area contributed by atoms with E-state index in [4.69, 9.17) is 14.0 Å². The molecule has 2 fully saturated rings. The first-order chi connectivity index (χ1) is 25.0. The first-order valence-corrected chi connectivity index (χ1v) is 20.4. The molecule has 2 aliphatic heterocycles. The van der Waals surface area contributed by atoms with Crippen molar-refractivity contribution >= 4 is 30.7 Å². The fourth-order valence-corrected chi connectivity index (χ4v) is 8.10. The van der Waals surface area contributed by atoms with Crippen molar-refractivity contribution in [3.8, 4) is 0 Å². The lowest BCUT2D eigenvalue weighted by Gasteiger charge is -2.39. The van der Waals surface area contributed by atoms with Crippen molar-refractivity contribution in [3.63, 3.8) is 0 Å². The maximum absolute atomic E-state index is 13.0. The van der Waals surface area contributed by atoms with Gasteiger partial charge in [0.2, 0.25) is 5.91 Å². The Morgan fingerprint density at radius 2 is 1.50 bits per heavy atom. The van der Waals surface area contributed by atoms with Gasteiger partial charge in [-0.3, -0.25) is 23.2 Å². The quantitative estimate of drug-likeness (QED) is 0.0728. The molecule has 0 spiro atoms. The number of amides is 1. The smallest absolute Gasteiger partial charge is 0.352 e. The number of unbranched alkanes of at least 4 members (excludes halogenated alkanes) is 12. The number of imidazole rings is 1. The summed E-state index contributed by atoms with van der Waals surface area (Å²) in [4.78, 5) is 72.4. The van der Waals surface area contributed by atoms with Crippen molar-refractivity contribution in [2.75, 3.05) is 5.32 Å². The Bertz CT molecular complexity index is 1770. The van der Waals surface area contributed by atoms with E-state index >= 15 is 0 Å². The first-order valence-electron chi connectivity index (χ1n) is 18.8. The summed E-state index contributed by atoms with van der Waals surface area (Å²) in [6.45, 7) is 3.77. The van der Waals surface area contributed by atoms with Gasteiger partial charge in [-0.2, -0.15) is 4.98 Å². The Balaban J connectivity index is 1.09. The molecule has 0 radical (unpaired) electrons. The second-order valence-electron chi connectivity index (χ2n) is 14.2. The Morgan fingerprint density at radius 1 is 0.923 bits per heavy atom. The van der Waals surface area contributed by atoms with Gasteiger partial charge >= 0.3 is 13.5 Å². The summed E-state index contributed by atoms with van der Waals surface area (Å²) in [6.07, 6.45) is 18.8. The molecule has 0 saturated carbocycles. The average molecular weight is 748 g/mol. The fraction of sp³-hybridized carbons (Fsp3) is 0.714. The summed E-state index contributed by atoms with van der Waals surface area (Å²) < 4.78 is 33.0. The number of phosphoric ester groups is 1. The van der Waals surface area contributed by atoms with Crippen LogP contribution in [0, 0.1) is 0 Å². The molecule has 5 rings (SSSR count). The van der Waals surface area contributed by atoms with Crippen LogP contribution >= 0.6 is 7.82 Å². The molecular formula is C35H54N7O9P. The molecule has 1 unspecified atom stereocenters. The van der Waals surface area contributed by atoms with Gasteiger partial charge in [-0.05, 0) is 45.1 Å². The van der Waals surface area contributed by atoms with Crippen LogP contribution in [0.5, 0.6) is 0 Å². The van der Waals surface area contributed by atoms with Crippen LogP contribution in [0.15, 0.2) is 34.5 Å². The minimum absolute atomic E-state index is 0.144. The van der Waals surface area contributed by atoms with Crippen molar-refractivity contribution in [2.45, 2.75) is 160 Å². The maximum Gasteiger partial charge on any atom is 0.470 e. The number of H-pyrrole nitrogens is 1. The number of carbonyl (C=O) groups excluding carboxylic acids is 1. The normalized spacial score (nSPS) is 21.8.